The van der Waals surface area contributed by atoms with Crippen LogP contribution in [-0.4, -0.2) is 40.8 Å². The molecule has 2 rings (SSSR count). The summed E-state index contributed by atoms with van der Waals surface area (Å²) in [6.45, 7) is 3.49. The van der Waals surface area contributed by atoms with Gasteiger partial charge in [0.25, 0.3) is 0 Å². The van der Waals surface area contributed by atoms with Gasteiger partial charge in [-0.1, -0.05) is 18.2 Å². The Bertz CT molecular complexity index is 952. The van der Waals surface area contributed by atoms with Crippen molar-refractivity contribution in [2.45, 2.75) is 25.6 Å². The van der Waals surface area contributed by atoms with Crippen LogP contribution in [0.1, 0.15) is 23.6 Å². The number of sulfone groups is 1. The predicted molar refractivity (Wildman–Crippen MR) is 130 cm³/mol. The van der Waals surface area contributed by atoms with E-state index in [0.717, 1.165) is 24.0 Å². The van der Waals surface area contributed by atoms with Crippen LogP contribution in [0, 0.1) is 5.82 Å². The zero-order chi connectivity index (χ0) is 21.3. The molecule has 2 aromatic rings. The van der Waals surface area contributed by atoms with Gasteiger partial charge in [-0.05, 0) is 54.3 Å². The smallest absolute Gasteiger partial charge is 0.191 e. The van der Waals surface area contributed by atoms with Gasteiger partial charge in [0.05, 0.1) is 12.4 Å². The Morgan fingerprint density at radius 1 is 1.13 bits per heavy atom. The molecule has 2 aromatic carbocycles. The van der Waals surface area contributed by atoms with Crippen molar-refractivity contribution in [2.24, 2.45) is 4.99 Å². The number of hydrogen-bond donors (Lipinski definition) is 2. The topological polar surface area (TPSA) is 79.8 Å². The van der Waals surface area contributed by atoms with Crippen molar-refractivity contribution in [1.29, 1.82) is 0 Å². The number of nitrogens with zero attached hydrogens (tertiary/aromatic N) is 1. The van der Waals surface area contributed by atoms with E-state index in [2.05, 4.69) is 15.6 Å². The Kier molecular flexibility index (Phi) is 11.1. The Labute approximate surface area is 195 Å². The molecule has 166 valence electrons. The molecule has 30 heavy (non-hydrogen) atoms. The molecular weight excluding hydrogens is 520 g/mol. The predicted octanol–water partition coefficient (Wildman–Crippen LogP) is 3.29. The van der Waals surface area contributed by atoms with Crippen LogP contribution in [0.15, 0.2) is 47.5 Å². The average Bonchev–Trinajstić information content (AvgIpc) is 2.66. The highest BCUT2D eigenvalue weighted by atomic mass is 127. The molecule has 0 amide bonds. The normalized spacial score (nSPS) is 11.5. The molecule has 0 aromatic heterocycles. The zero-order valence-electron chi connectivity index (χ0n) is 17.4. The van der Waals surface area contributed by atoms with E-state index in [4.69, 9.17) is 4.74 Å². The lowest BCUT2D eigenvalue weighted by Gasteiger charge is -2.14. The maximum atomic E-state index is 13.6. The van der Waals surface area contributed by atoms with E-state index in [1.54, 1.807) is 7.05 Å². The highest BCUT2D eigenvalue weighted by Crippen LogP contribution is 2.15. The quantitative estimate of drug-likeness (QED) is 0.285. The fourth-order valence-corrected chi connectivity index (χ4v) is 3.71. The molecule has 0 saturated carbocycles. The standard InChI is InChI=1S/C21H28FN3O3S.HI/c1-4-28-20-7-5-6-16(12-20)10-11-24-21(23-2)25-14-18-13-19(22)9-8-17(18)15-29(3,26)27;/h5-9,12-13H,4,10-11,14-15H2,1-3H3,(H2,23,24,25);1H. The van der Waals surface area contributed by atoms with Crippen molar-refractivity contribution < 1.29 is 17.5 Å². The molecule has 0 unspecified atom stereocenters. The lowest BCUT2D eigenvalue weighted by Crippen LogP contribution is -2.38. The highest BCUT2D eigenvalue weighted by molar-refractivity contribution is 14.0. The number of hydrogen-bond acceptors (Lipinski definition) is 4. The molecule has 0 spiro atoms. The first-order valence-electron chi connectivity index (χ1n) is 9.42. The van der Waals surface area contributed by atoms with Gasteiger partial charge in [-0.15, -0.1) is 24.0 Å². The number of nitrogens with one attached hydrogen (secondary N) is 2. The van der Waals surface area contributed by atoms with E-state index in [0.29, 0.717) is 30.2 Å². The molecule has 9 heteroatoms. The van der Waals surface area contributed by atoms with Crippen molar-refractivity contribution in [2.75, 3.05) is 26.5 Å². The molecule has 0 aliphatic rings. The molecule has 0 fully saturated rings. The van der Waals surface area contributed by atoms with Crippen LogP contribution in [0.2, 0.25) is 0 Å². The van der Waals surface area contributed by atoms with Gasteiger partial charge in [-0.25, -0.2) is 12.8 Å². The lowest BCUT2D eigenvalue weighted by atomic mass is 10.1. The third-order valence-corrected chi connectivity index (χ3v) is 5.01. The highest BCUT2D eigenvalue weighted by Gasteiger charge is 2.11. The zero-order valence-corrected chi connectivity index (χ0v) is 20.6. The third-order valence-electron chi connectivity index (χ3n) is 4.17. The van der Waals surface area contributed by atoms with Crippen molar-refractivity contribution in [3.05, 3.63) is 65.0 Å². The molecule has 0 saturated heterocycles. The summed E-state index contributed by atoms with van der Waals surface area (Å²) < 4.78 is 42.4. The number of ether oxygens (including phenoxy) is 1. The summed E-state index contributed by atoms with van der Waals surface area (Å²) in [5.74, 6) is 0.862. The monoisotopic (exact) mass is 549 g/mol. The maximum absolute atomic E-state index is 13.6. The largest absolute Gasteiger partial charge is 0.494 e. The van der Waals surface area contributed by atoms with Crippen LogP contribution in [0.4, 0.5) is 4.39 Å². The van der Waals surface area contributed by atoms with Crippen LogP contribution in [0.5, 0.6) is 5.75 Å². The molecule has 2 N–H and O–H groups in total. The first-order valence-corrected chi connectivity index (χ1v) is 11.5. The van der Waals surface area contributed by atoms with Crippen molar-refractivity contribution in [1.82, 2.24) is 10.6 Å². The van der Waals surface area contributed by atoms with E-state index in [1.165, 1.54) is 18.2 Å². The van der Waals surface area contributed by atoms with Crippen LogP contribution < -0.4 is 15.4 Å². The second-order valence-electron chi connectivity index (χ2n) is 6.67. The summed E-state index contributed by atoms with van der Waals surface area (Å²) >= 11 is 0. The number of benzene rings is 2. The molecule has 0 aliphatic carbocycles. The van der Waals surface area contributed by atoms with Gasteiger partial charge in [0.1, 0.15) is 11.6 Å². The minimum absolute atomic E-state index is 0. The Morgan fingerprint density at radius 3 is 2.57 bits per heavy atom. The summed E-state index contributed by atoms with van der Waals surface area (Å²) in [6, 6.07) is 12.0. The lowest BCUT2D eigenvalue weighted by molar-refractivity contribution is 0.340. The van der Waals surface area contributed by atoms with E-state index in [-0.39, 0.29) is 36.3 Å². The minimum Gasteiger partial charge on any atom is -0.494 e. The molecule has 6 nitrogen and oxygen atoms in total. The van der Waals surface area contributed by atoms with Gasteiger partial charge in [-0.3, -0.25) is 4.99 Å². The SMILES string of the molecule is CCOc1cccc(CCNC(=NC)NCc2cc(F)ccc2CS(C)(=O)=O)c1.I. The number of halogens is 2. The van der Waals surface area contributed by atoms with Gasteiger partial charge in [0.15, 0.2) is 15.8 Å². The first-order chi connectivity index (χ1) is 13.8. The molecular formula is C21H29FIN3O3S. The second kappa shape index (κ2) is 12.7. The van der Waals surface area contributed by atoms with Gasteiger partial charge in [0, 0.05) is 26.4 Å². The number of guanidine groups is 1. The van der Waals surface area contributed by atoms with Gasteiger partial charge < -0.3 is 15.4 Å². The van der Waals surface area contributed by atoms with E-state index >= 15 is 0 Å². The van der Waals surface area contributed by atoms with E-state index in [9.17, 15) is 12.8 Å². The van der Waals surface area contributed by atoms with Crippen LogP contribution >= 0.6 is 24.0 Å². The molecule has 0 aliphatic heterocycles. The third kappa shape index (κ3) is 9.29. The van der Waals surface area contributed by atoms with E-state index in [1.807, 2.05) is 31.2 Å². The second-order valence-corrected chi connectivity index (χ2v) is 8.81. The van der Waals surface area contributed by atoms with Crippen LogP contribution in [0.25, 0.3) is 0 Å². The number of aliphatic imine (C=N–C) groups is 1. The van der Waals surface area contributed by atoms with Gasteiger partial charge in [-0.2, -0.15) is 0 Å². The Morgan fingerprint density at radius 2 is 1.90 bits per heavy atom. The summed E-state index contributed by atoms with van der Waals surface area (Å²) in [5.41, 5.74) is 2.30. The molecule has 0 bridgehead atoms. The fourth-order valence-electron chi connectivity index (χ4n) is 2.86. The van der Waals surface area contributed by atoms with E-state index < -0.39 is 15.7 Å². The fraction of sp³-hybridized carbons (Fsp3) is 0.381. The summed E-state index contributed by atoms with van der Waals surface area (Å²) in [4.78, 5) is 4.17. The number of rotatable bonds is 9. The van der Waals surface area contributed by atoms with Crippen molar-refractivity contribution in [3.8, 4) is 5.75 Å². The maximum Gasteiger partial charge on any atom is 0.191 e. The van der Waals surface area contributed by atoms with Gasteiger partial charge in [0.2, 0.25) is 0 Å². The summed E-state index contributed by atoms with van der Waals surface area (Å²) in [5, 5.41) is 6.32. The molecule has 0 atom stereocenters. The average molecular weight is 549 g/mol. The Hall–Kier alpha value is -1.88. The van der Waals surface area contributed by atoms with Crippen LogP contribution in [0.3, 0.4) is 0 Å². The first kappa shape index (κ1) is 26.2. The summed E-state index contributed by atoms with van der Waals surface area (Å²) in [6.07, 6.45) is 1.94. The van der Waals surface area contributed by atoms with Crippen molar-refractivity contribution in [3.63, 3.8) is 0 Å². The van der Waals surface area contributed by atoms with Crippen molar-refractivity contribution >= 4 is 39.8 Å². The Balaban J connectivity index is 0.00000450. The minimum atomic E-state index is -3.22. The van der Waals surface area contributed by atoms with Gasteiger partial charge >= 0.3 is 0 Å². The summed E-state index contributed by atoms with van der Waals surface area (Å²) in [7, 11) is -1.57. The van der Waals surface area contributed by atoms with Crippen LogP contribution in [-0.2, 0) is 28.6 Å². The molecule has 0 radical (unpaired) electrons. The molecule has 0 heterocycles.